The summed E-state index contributed by atoms with van der Waals surface area (Å²) in [5.74, 6) is -0.519. The molecule has 0 bridgehead atoms. The number of anilines is 1. The smallest absolute Gasteiger partial charge is 0.339 e. The zero-order valence-corrected chi connectivity index (χ0v) is 18.8. The Kier molecular flexibility index (Phi) is 6.42. The number of nitrogens with two attached hydrogens (primary N) is 1. The minimum Gasteiger partial charge on any atom is -0.399 e. The average Bonchev–Trinajstić information content (AvgIpc) is 2.85. The van der Waals surface area contributed by atoms with Crippen LogP contribution in [0.1, 0.15) is 15.9 Å². The standard InChI is InChI=1S/C24H18N4O6S/c25-18-8-5-17(6-9-18)24(29)27-26-15-22-21-4-2-1-3-16(21)7-14-23(22)34-35(32,33)20-12-10-19(11-13-20)28(30)31/h1-15H,25H2,(H,27,29). The number of nitro benzene ring substituents is 1. The molecular weight excluding hydrogens is 472 g/mol. The second-order valence-electron chi connectivity index (χ2n) is 7.31. The maximum atomic E-state index is 12.8. The van der Waals surface area contributed by atoms with Gasteiger partial charge in [0.2, 0.25) is 0 Å². The second kappa shape index (κ2) is 9.61. The Balaban J connectivity index is 1.65. The van der Waals surface area contributed by atoms with E-state index in [-0.39, 0.29) is 16.3 Å². The van der Waals surface area contributed by atoms with Gasteiger partial charge in [0.25, 0.3) is 11.6 Å². The lowest BCUT2D eigenvalue weighted by molar-refractivity contribution is -0.384. The largest absolute Gasteiger partial charge is 0.399 e. The summed E-state index contributed by atoms with van der Waals surface area (Å²) in [6.45, 7) is 0. The predicted octanol–water partition coefficient (Wildman–Crippen LogP) is 3.86. The number of nitro groups is 1. The number of hydrazone groups is 1. The summed E-state index contributed by atoms with van der Waals surface area (Å²) in [5, 5.41) is 16.3. The van der Waals surface area contributed by atoms with Crippen LogP contribution in [0.3, 0.4) is 0 Å². The first-order valence-electron chi connectivity index (χ1n) is 10.1. The molecule has 11 heteroatoms. The van der Waals surface area contributed by atoms with Crippen LogP contribution >= 0.6 is 0 Å². The van der Waals surface area contributed by atoms with Crippen molar-refractivity contribution in [2.75, 3.05) is 5.73 Å². The van der Waals surface area contributed by atoms with Gasteiger partial charge >= 0.3 is 10.1 Å². The number of nitrogens with one attached hydrogen (secondary N) is 1. The van der Waals surface area contributed by atoms with Gasteiger partial charge in [0.05, 0.1) is 11.1 Å². The Morgan fingerprint density at radius 3 is 2.34 bits per heavy atom. The molecule has 3 N–H and O–H groups in total. The summed E-state index contributed by atoms with van der Waals surface area (Å²) < 4.78 is 31.1. The highest BCUT2D eigenvalue weighted by molar-refractivity contribution is 7.87. The van der Waals surface area contributed by atoms with E-state index in [9.17, 15) is 23.3 Å². The molecule has 0 unspecified atom stereocenters. The quantitative estimate of drug-likeness (QED) is 0.131. The topological polar surface area (TPSA) is 154 Å². The lowest BCUT2D eigenvalue weighted by Crippen LogP contribution is -2.17. The third kappa shape index (κ3) is 5.25. The van der Waals surface area contributed by atoms with Crippen LogP contribution in [0, 0.1) is 10.1 Å². The maximum absolute atomic E-state index is 12.8. The molecule has 4 aromatic rings. The van der Waals surface area contributed by atoms with Gasteiger partial charge in [-0.2, -0.15) is 13.5 Å². The Morgan fingerprint density at radius 1 is 0.971 bits per heavy atom. The molecule has 10 nitrogen and oxygen atoms in total. The van der Waals surface area contributed by atoms with E-state index >= 15 is 0 Å². The Bertz CT molecular complexity index is 1550. The number of rotatable bonds is 7. The molecule has 0 aliphatic rings. The van der Waals surface area contributed by atoms with E-state index < -0.39 is 20.9 Å². The number of carbonyl (C=O) groups is 1. The van der Waals surface area contributed by atoms with E-state index in [1.54, 1.807) is 42.5 Å². The van der Waals surface area contributed by atoms with Crippen LogP contribution in [0.5, 0.6) is 5.75 Å². The van der Waals surface area contributed by atoms with Gasteiger partial charge in [-0.3, -0.25) is 14.9 Å². The zero-order valence-electron chi connectivity index (χ0n) is 18.0. The zero-order chi connectivity index (χ0) is 25.0. The molecule has 176 valence electrons. The first-order valence-corrected chi connectivity index (χ1v) is 11.5. The Morgan fingerprint density at radius 2 is 1.66 bits per heavy atom. The van der Waals surface area contributed by atoms with Crippen molar-refractivity contribution >= 4 is 44.4 Å². The van der Waals surface area contributed by atoms with Crippen molar-refractivity contribution in [2.45, 2.75) is 4.90 Å². The van der Waals surface area contributed by atoms with Gasteiger partial charge in [0.15, 0.2) is 5.75 Å². The highest BCUT2D eigenvalue weighted by atomic mass is 32.2. The molecule has 0 aliphatic heterocycles. The van der Waals surface area contributed by atoms with Crippen molar-refractivity contribution in [3.63, 3.8) is 0 Å². The molecule has 4 rings (SSSR count). The highest BCUT2D eigenvalue weighted by Gasteiger charge is 2.20. The molecule has 4 aromatic carbocycles. The van der Waals surface area contributed by atoms with Gasteiger partial charge in [-0.15, -0.1) is 0 Å². The van der Waals surface area contributed by atoms with Crippen molar-refractivity contribution in [1.82, 2.24) is 5.43 Å². The number of hydrogen-bond acceptors (Lipinski definition) is 8. The van der Waals surface area contributed by atoms with E-state index in [0.29, 0.717) is 22.2 Å². The van der Waals surface area contributed by atoms with Crippen LogP contribution in [0.4, 0.5) is 11.4 Å². The summed E-state index contributed by atoms with van der Waals surface area (Å²) in [4.78, 5) is 22.3. The Labute approximate surface area is 199 Å². The van der Waals surface area contributed by atoms with E-state index in [2.05, 4.69) is 10.5 Å². The minimum atomic E-state index is -4.32. The second-order valence-corrected chi connectivity index (χ2v) is 8.85. The van der Waals surface area contributed by atoms with E-state index in [1.807, 2.05) is 12.1 Å². The third-order valence-electron chi connectivity index (χ3n) is 5.00. The molecule has 0 aliphatic carbocycles. The number of nitrogens with zero attached hydrogens (tertiary/aromatic N) is 2. The van der Waals surface area contributed by atoms with Crippen LogP contribution in [-0.2, 0) is 10.1 Å². The first-order chi connectivity index (χ1) is 16.7. The van der Waals surface area contributed by atoms with Crippen molar-refractivity contribution in [3.05, 3.63) is 106 Å². The fourth-order valence-electron chi connectivity index (χ4n) is 3.24. The van der Waals surface area contributed by atoms with Crippen LogP contribution in [-0.4, -0.2) is 25.5 Å². The normalized spacial score (nSPS) is 11.4. The van der Waals surface area contributed by atoms with Crippen LogP contribution in [0.2, 0.25) is 0 Å². The molecule has 0 radical (unpaired) electrons. The third-order valence-corrected chi connectivity index (χ3v) is 6.25. The molecule has 0 saturated carbocycles. The lowest BCUT2D eigenvalue weighted by atomic mass is 10.0. The van der Waals surface area contributed by atoms with Crippen molar-refractivity contribution in [2.24, 2.45) is 5.10 Å². The molecule has 0 saturated heterocycles. The molecule has 1 amide bonds. The van der Waals surface area contributed by atoms with Gasteiger partial charge in [-0.25, -0.2) is 5.43 Å². The minimum absolute atomic E-state index is 0.0347. The van der Waals surface area contributed by atoms with Crippen LogP contribution in [0.25, 0.3) is 10.8 Å². The SMILES string of the molecule is Nc1ccc(C(=O)NN=Cc2c(OS(=O)(=O)c3ccc([N+](=O)[O-])cc3)ccc3ccccc23)cc1. The van der Waals surface area contributed by atoms with E-state index in [1.165, 1.54) is 12.3 Å². The fraction of sp³-hybridized carbons (Fsp3) is 0. The van der Waals surface area contributed by atoms with Gasteiger partial charge in [-0.1, -0.05) is 30.3 Å². The predicted molar refractivity (Wildman–Crippen MR) is 131 cm³/mol. The number of non-ortho nitro benzene ring substituents is 1. The van der Waals surface area contributed by atoms with E-state index in [0.717, 1.165) is 29.7 Å². The number of carbonyl (C=O) groups excluding carboxylic acids is 1. The summed E-state index contributed by atoms with van der Waals surface area (Å²) >= 11 is 0. The number of fused-ring (bicyclic) bond motifs is 1. The molecule has 0 atom stereocenters. The van der Waals surface area contributed by atoms with Gasteiger partial charge < -0.3 is 9.92 Å². The van der Waals surface area contributed by atoms with Crippen molar-refractivity contribution in [3.8, 4) is 5.75 Å². The van der Waals surface area contributed by atoms with Crippen LogP contribution < -0.4 is 15.3 Å². The Hall–Kier alpha value is -4.77. The summed E-state index contributed by atoms with van der Waals surface area (Å²) in [5.41, 5.74) is 8.93. The van der Waals surface area contributed by atoms with E-state index in [4.69, 9.17) is 9.92 Å². The maximum Gasteiger partial charge on any atom is 0.339 e. The van der Waals surface area contributed by atoms with Gasteiger partial charge in [-0.05, 0) is 53.2 Å². The summed E-state index contributed by atoms with van der Waals surface area (Å²) in [6.07, 6.45) is 1.29. The number of benzene rings is 4. The monoisotopic (exact) mass is 490 g/mol. The summed E-state index contributed by atoms with van der Waals surface area (Å²) in [6, 6.07) is 20.9. The first kappa shape index (κ1) is 23.4. The highest BCUT2D eigenvalue weighted by Crippen LogP contribution is 2.29. The molecule has 0 heterocycles. The molecule has 0 spiro atoms. The van der Waals surface area contributed by atoms with Crippen molar-refractivity contribution in [1.29, 1.82) is 0 Å². The van der Waals surface area contributed by atoms with Gasteiger partial charge in [0.1, 0.15) is 4.90 Å². The number of amides is 1. The molecular formula is C24H18N4O6S. The number of hydrogen-bond donors (Lipinski definition) is 2. The molecule has 35 heavy (non-hydrogen) atoms. The fourth-order valence-corrected chi connectivity index (χ4v) is 4.18. The number of nitrogen functional groups attached to an aromatic ring is 1. The molecule has 0 fully saturated rings. The van der Waals surface area contributed by atoms with Crippen LogP contribution in [0.15, 0.2) is 94.9 Å². The summed E-state index contributed by atoms with van der Waals surface area (Å²) in [7, 11) is -4.32. The lowest BCUT2D eigenvalue weighted by Gasteiger charge is -2.12. The average molecular weight is 490 g/mol. The molecule has 0 aromatic heterocycles. The van der Waals surface area contributed by atoms with Crippen molar-refractivity contribution < 1.29 is 22.3 Å². The van der Waals surface area contributed by atoms with Gasteiger partial charge in [0, 0.05) is 28.9 Å².